The number of para-hydroxylation sites is 1. The van der Waals surface area contributed by atoms with Crippen LogP contribution in [0.15, 0.2) is 86.5 Å². The maximum Gasteiger partial charge on any atom is 0.344 e. The molecule has 0 aliphatic rings. The van der Waals surface area contributed by atoms with Crippen molar-refractivity contribution in [2.75, 3.05) is 5.32 Å². The number of benzene rings is 3. The van der Waals surface area contributed by atoms with Crippen molar-refractivity contribution in [1.82, 2.24) is 5.32 Å². The molecule has 1 heterocycles. The molecule has 0 unspecified atom stereocenters. The predicted octanol–water partition coefficient (Wildman–Crippen LogP) is 6.00. The molecule has 0 bridgehead atoms. The highest BCUT2D eigenvalue weighted by atomic mass is 79.9. The molecule has 31 heavy (non-hydrogen) atoms. The van der Waals surface area contributed by atoms with Gasteiger partial charge in [0.05, 0.1) is 16.1 Å². The third kappa shape index (κ3) is 4.69. The fraction of sp³-hybridized carbons (Fsp3) is 0. The van der Waals surface area contributed by atoms with Gasteiger partial charge in [-0.15, -0.1) is 0 Å². The first kappa shape index (κ1) is 21.2. The number of rotatable bonds is 3. The molecule has 1 aromatic heterocycles. The molecule has 0 aliphatic carbocycles. The van der Waals surface area contributed by atoms with Crippen molar-refractivity contribution >= 4 is 67.4 Å². The van der Waals surface area contributed by atoms with Crippen LogP contribution in [0.25, 0.3) is 22.1 Å². The van der Waals surface area contributed by atoms with Crippen LogP contribution in [0.5, 0.6) is 0 Å². The molecule has 0 spiro atoms. The Hall–Kier alpha value is -3.00. The van der Waals surface area contributed by atoms with Crippen molar-refractivity contribution < 1.29 is 9.21 Å². The number of anilines is 1. The third-order valence-corrected chi connectivity index (χ3v) is 5.71. The van der Waals surface area contributed by atoms with Gasteiger partial charge < -0.3 is 9.73 Å². The molecule has 0 saturated carbocycles. The van der Waals surface area contributed by atoms with Gasteiger partial charge in [0.15, 0.2) is 5.11 Å². The van der Waals surface area contributed by atoms with Gasteiger partial charge >= 0.3 is 5.63 Å². The summed E-state index contributed by atoms with van der Waals surface area (Å²) in [5.74, 6) is -0.346. The van der Waals surface area contributed by atoms with E-state index < -0.39 is 5.63 Å². The van der Waals surface area contributed by atoms with Gasteiger partial charge in [0, 0.05) is 21.1 Å². The smallest absolute Gasteiger partial charge is 0.344 e. The normalized spacial score (nSPS) is 10.6. The van der Waals surface area contributed by atoms with E-state index in [1.807, 2.05) is 18.2 Å². The van der Waals surface area contributed by atoms with Gasteiger partial charge in [-0.1, -0.05) is 48.0 Å². The maximum absolute atomic E-state index is 12.4. The summed E-state index contributed by atoms with van der Waals surface area (Å²) in [7, 11) is 0. The van der Waals surface area contributed by atoms with Crippen LogP contribution < -0.4 is 16.3 Å². The van der Waals surface area contributed by atoms with Crippen LogP contribution in [0.1, 0.15) is 10.4 Å². The number of hydrogen-bond donors (Lipinski definition) is 2. The SMILES string of the molecule is O=C(NC(=S)Nc1ccc(-c2cc3ccccc3oc2=O)c(Cl)c1)c1ccccc1Br. The summed E-state index contributed by atoms with van der Waals surface area (Å²) in [4.78, 5) is 24.8. The highest BCUT2D eigenvalue weighted by molar-refractivity contribution is 9.10. The highest BCUT2D eigenvalue weighted by Crippen LogP contribution is 2.30. The zero-order valence-electron chi connectivity index (χ0n) is 15.8. The monoisotopic (exact) mass is 512 g/mol. The van der Waals surface area contributed by atoms with Gasteiger partial charge in [-0.3, -0.25) is 10.1 Å². The van der Waals surface area contributed by atoms with Crippen molar-refractivity contribution in [2.45, 2.75) is 0 Å². The number of halogens is 2. The summed E-state index contributed by atoms with van der Waals surface area (Å²) in [6, 6.07) is 21.1. The topological polar surface area (TPSA) is 71.3 Å². The summed E-state index contributed by atoms with van der Waals surface area (Å²) in [6.07, 6.45) is 0. The van der Waals surface area contributed by atoms with Gasteiger partial charge in [-0.25, -0.2) is 4.79 Å². The second kappa shape index (κ2) is 9.01. The lowest BCUT2D eigenvalue weighted by Crippen LogP contribution is -2.34. The zero-order valence-corrected chi connectivity index (χ0v) is 19.0. The molecule has 3 aromatic carbocycles. The summed E-state index contributed by atoms with van der Waals surface area (Å²) >= 11 is 15.0. The van der Waals surface area contributed by atoms with E-state index in [4.69, 9.17) is 28.2 Å². The Morgan fingerprint density at radius 2 is 1.71 bits per heavy atom. The molecule has 4 rings (SSSR count). The van der Waals surface area contributed by atoms with E-state index in [9.17, 15) is 9.59 Å². The van der Waals surface area contributed by atoms with Gasteiger partial charge in [0.25, 0.3) is 5.91 Å². The molecule has 1 amide bonds. The molecule has 5 nitrogen and oxygen atoms in total. The molecule has 154 valence electrons. The fourth-order valence-electron chi connectivity index (χ4n) is 3.04. The van der Waals surface area contributed by atoms with Crippen LogP contribution >= 0.6 is 39.7 Å². The first-order chi connectivity index (χ1) is 14.9. The molecule has 2 N–H and O–H groups in total. The number of thiocarbonyl (C=S) groups is 1. The standard InChI is InChI=1S/C23H14BrClN2O3S/c24-18-7-3-2-6-16(18)21(28)27-23(31)26-14-9-10-15(19(25)12-14)17-11-13-5-1-4-8-20(13)30-22(17)29/h1-12H,(H2,26,27,28,31). The van der Waals surface area contributed by atoms with Crippen LogP contribution in [0.4, 0.5) is 5.69 Å². The summed E-state index contributed by atoms with van der Waals surface area (Å²) in [6.45, 7) is 0. The summed E-state index contributed by atoms with van der Waals surface area (Å²) in [5.41, 5.74) is 1.96. The second-order valence-electron chi connectivity index (χ2n) is 6.57. The zero-order chi connectivity index (χ0) is 22.0. The van der Waals surface area contributed by atoms with E-state index in [0.717, 1.165) is 5.39 Å². The van der Waals surface area contributed by atoms with Gasteiger partial charge in [0.2, 0.25) is 0 Å². The predicted molar refractivity (Wildman–Crippen MR) is 131 cm³/mol. The highest BCUT2D eigenvalue weighted by Gasteiger charge is 2.14. The van der Waals surface area contributed by atoms with Crippen LogP contribution in [0, 0.1) is 0 Å². The Morgan fingerprint density at radius 3 is 2.48 bits per heavy atom. The van der Waals surface area contributed by atoms with E-state index in [2.05, 4.69) is 26.6 Å². The summed E-state index contributed by atoms with van der Waals surface area (Å²) in [5, 5.41) is 6.81. The Balaban J connectivity index is 1.53. The quantitative estimate of drug-likeness (QED) is 0.260. The average Bonchev–Trinajstić information content (AvgIpc) is 2.74. The average molecular weight is 514 g/mol. The molecular weight excluding hydrogens is 500 g/mol. The molecule has 0 atom stereocenters. The van der Waals surface area contributed by atoms with E-state index >= 15 is 0 Å². The molecule has 4 aromatic rings. The van der Waals surface area contributed by atoms with E-state index in [-0.39, 0.29) is 11.0 Å². The van der Waals surface area contributed by atoms with E-state index in [1.54, 1.807) is 54.6 Å². The Bertz CT molecular complexity index is 1390. The lowest BCUT2D eigenvalue weighted by Gasteiger charge is -2.12. The van der Waals surface area contributed by atoms with Gasteiger partial charge in [-0.2, -0.15) is 0 Å². The van der Waals surface area contributed by atoms with Crippen molar-refractivity contribution in [1.29, 1.82) is 0 Å². The van der Waals surface area contributed by atoms with Crippen molar-refractivity contribution in [3.63, 3.8) is 0 Å². The lowest BCUT2D eigenvalue weighted by atomic mass is 10.1. The number of fused-ring (bicyclic) bond motifs is 1. The minimum absolute atomic E-state index is 0.120. The van der Waals surface area contributed by atoms with Crippen molar-refractivity contribution in [2.24, 2.45) is 0 Å². The first-order valence-electron chi connectivity index (χ1n) is 9.12. The van der Waals surface area contributed by atoms with Crippen LogP contribution in [-0.2, 0) is 0 Å². The molecular formula is C23H14BrClN2O3S. The molecule has 8 heteroatoms. The molecule has 0 saturated heterocycles. The lowest BCUT2D eigenvalue weighted by molar-refractivity contribution is 0.0977. The number of carbonyl (C=O) groups is 1. The number of nitrogens with one attached hydrogen (secondary N) is 2. The second-order valence-corrected chi connectivity index (χ2v) is 8.24. The molecule has 0 radical (unpaired) electrons. The molecule has 0 fully saturated rings. The summed E-state index contributed by atoms with van der Waals surface area (Å²) < 4.78 is 6.05. The van der Waals surface area contributed by atoms with Crippen molar-refractivity contribution in [3.05, 3.63) is 98.3 Å². The number of hydrogen-bond acceptors (Lipinski definition) is 4. The minimum Gasteiger partial charge on any atom is -0.422 e. The Morgan fingerprint density at radius 1 is 0.968 bits per heavy atom. The third-order valence-electron chi connectivity index (χ3n) is 4.50. The maximum atomic E-state index is 12.4. The van der Waals surface area contributed by atoms with Gasteiger partial charge in [-0.05, 0) is 64.5 Å². The minimum atomic E-state index is -0.475. The van der Waals surface area contributed by atoms with Crippen LogP contribution in [0.2, 0.25) is 5.02 Å². The van der Waals surface area contributed by atoms with E-state index in [0.29, 0.717) is 37.5 Å². The Kier molecular flexibility index (Phi) is 6.18. The largest absolute Gasteiger partial charge is 0.422 e. The van der Waals surface area contributed by atoms with Crippen LogP contribution in [0.3, 0.4) is 0 Å². The van der Waals surface area contributed by atoms with E-state index in [1.165, 1.54) is 0 Å². The molecule has 0 aliphatic heterocycles. The van der Waals surface area contributed by atoms with Crippen LogP contribution in [-0.4, -0.2) is 11.0 Å². The number of amides is 1. The first-order valence-corrected chi connectivity index (χ1v) is 10.7. The van der Waals surface area contributed by atoms with Crippen molar-refractivity contribution in [3.8, 4) is 11.1 Å². The fourth-order valence-corrected chi connectivity index (χ4v) is 4.00. The Labute approximate surface area is 196 Å². The number of carbonyl (C=O) groups excluding carboxylic acids is 1. The van der Waals surface area contributed by atoms with Gasteiger partial charge in [0.1, 0.15) is 5.58 Å².